The lowest BCUT2D eigenvalue weighted by molar-refractivity contribution is 0.578. The predicted octanol–water partition coefficient (Wildman–Crippen LogP) is 3.17. The van der Waals surface area contributed by atoms with E-state index in [0.29, 0.717) is 0 Å². The number of aromatic nitrogens is 1. The number of nitrogens with zero attached hydrogens (tertiary/aromatic N) is 2. The highest BCUT2D eigenvalue weighted by molar-refractivity contribution is 5.83. The van der Waals surface area contributed by atoms with Gasteiger partial charge in [0.25, 0.3) is 0 Å². The second kappa shape index (κ2) is 3.85. The van der Waals surface area contributed by atoms with Crippen LogP contribution in [-0.2, 0) is 7.05 Å². The van der Waals surface area contributed by atoms with E-state index >= 15 is 0 Å². The third kappa shape index (κ3) is 1.58. The van der Waals surface area contributed by atoms with Crippen molar-refractivity contribution in [3.63, 3.8) is 0 Å². The van der Waals surface area contributed by atoms with Crippen LogP contribution in [0.4, 0.5) is 5.69 Å². The van der Waals surface area contributed by atoms with E-state index in [0.717, 1.165) is 0 Å². The average molecular weight is 214 g/mol. The van der Waals surface area contributed by atoms with Crippen molar-refractivity contribution in [2.45, 2.75) is 19.3 Å². The number of benzene rings is 1. The molecule has 2 aromatic rings. The van der Waals surface area contributed by atoms with Crippen LogP contribution in [0.2, 0.25) is 0 Å². The summed E-state index contributed by atoms with van der Waals surface area (Å²) in [7, 11) is 2.11. The highest BCUT2D eigenvalue weighted by Gasteiger charge is 2.11. The van der Waals surface area contributed by atoms with E-state index in [-0.39, 0.29) is 0 Å². The minimum atomic E-state index is 1.22. The largest absolute Gasteiger partial charge is 0.371 e. The van der Waals surface area contributed by atoms with Gasteiger partial charge in [0.05, 0.1) is 0 Å². The molecule has 84 valence electrons. The summed E-state index contributed by atoms with van der Waals surface area (Å²) in [6, 6.07) is 8.99. The lowest BCUT2D eigenvalue weighted by atomic mass is 10.1. The molecule has 2 heteroatoms. The molecule has 0 spiro atoms. The molecule has 0 radical (unpaired) electrons. The number of hydrogen-bond acceptors (Lipinski definition) is 1. The van der Waals surface area contributed by atoms with E-state index in [4.69, 9.17) is 0 Å². The number of anilines is 1. The van der Waals surface area contributed by atoms with Crippen LogP contribution < -0.4 is 4.90 Å². The van der Waals surface area contributed by atoms with E-state index in [2.05, 4.69) is 47.0 Å². The lowest BCUT2D eigenvalue weighted by Gasteiger charge is -2.28. The van der Waals surface area contributed by atoms with Gasteiger partial charge >= 0.3 is 0 Å². The van der Waals surface area contributed by atoms with Crippen LogP contribution in [0.3, 0.4) is 0 Å². The molecule has 1 saturated heterocycles. The van der Waals surface area contributed by atoms with Crippen LogP contribution in [0.1, 0.15) is 19.3 Å². The lowest BCUT2D eigenvalue weighted by Crippen LogP contribution is -2.29. The number of fused-ring (bicyclic) bond motifs is 1. The fraction of sp³-hybridized carbons (Fsp3) is 0.429. The smallest absolute Gasteiger partial charge is 0.0498 e. The van der Waals surface area contributed by atoms with E-state index in [1.165, 1.54) is 48.9 Å². The molecule has 1 aromatic carbocycles. The first-order valence-electron chi connectivity index (χ1n) is 6.15. The van der Waals surface area contributed by atoms with Gasteiger partial charge in [0.1, 0.15) is 0 Å². The van der Waals surface area contributed by atoms with Crippen molar-refractivity contribution in [2.24, 2.45) is 7.05 Å². The number of hydrogen-bond donors (Lipinski definition) is 0. The summed E-state index contributed by atoms with van der Waals surface area (Å²) in [5.74, 6) is 0. The van der Waals surface area contributed by atoms with Crippen LogP contribution in [0.25, 0.3) is 10.9 Å². The summed E-state index contributed by atoms with van der Waals surface area (Å²) in [5, 5.41) is 1.34. The minimum absolute atomic E-state index is 1.22. The molecule has 0 bridgehead atoms. The van der Waals surface area contributed by atoms with Gasteiger partial charge in [-0.1, -0.05) is 6.07 Å². The van der Waals surface area contributed by atoms with Crippen molar-refractivity contribution in [1.29, 1.82) is 0 Å². The Morgan fingerprint density at radius 2 is 1.81 bits per heavy atom. The first-order valence-corrected chi connectivity index (χ1v) is 6.15. The first kappa shape index (κ1) is 9.76. The zero-order valence-corrected chi connectivity index (χ0v) is 9.82. The average Bonchev–Trinajstić information content (AvgIpc) is 2.72. The first-order chi connectivity index (χ1) is 7.84. The van der Waals surface area contributed by atoms with Gasteiger partial charge in [-0.3, -0.25) is 0 Å². The van der Waals surface area contributed by atoms with Crippen molar-refractivity contribution in [3.8, 4) is 0 Å². The molecule has 1 aromatic heterocycles. The quantitative estimate of drug-likeness (QED) is 0.708. The van der Waals surface area contributed by atoms with Crippen molar-refractivity contribution in [3.05, 3.63) is 30.5 Å². The number of piperidine rings is 1. The van der Waals surface area contributed by atoms with E-state index in [1.807, 2.05) is 0 Å². The molecule has 0 amide bonds. The Hall–Kier alpha value is -1.44. The SMILES string of the molecule is Cn1ccc2ccc(N3CCCCC3)cc21. The standard InChI is InChI=1S/C14H18N2/c1-15-10-7-12-5-6-13(11-14(12)15)16-8-3-2-4-9-16/h5-7,10-11H,2-4,8-9H2,1H3. The van der Waals surface area contributed by atoms with Gasteiger partial charge in [0.15, 0.2) is 0 Å². The molecular formula is C14H18N2. The maximum atomic E-state index is 2.51. The van der Waals surface area contributed by atoms with Crippen LogP contribution in [-0.4, -0.2) is 17.7 Å². The molecule has 16 heavy (non-hydrogen) atoms. The Bertz CT molecular complexity index is 492. The van der Waals surface area contributed by atoms with Crippen LogP contribution >= 0.6 is 0 Å². The minimum Gasteiger partial charge on any atom is -0.371 e. The molecule has 3 rings (SSSR count). The summed E-state index contributed by atoms with van der Waals surface area (Å²) in [6.45, 7) is 2.44. The van der Waals surface area contributed by atoms with Gasteiger partial charge in [-0.2, -0.15) is 0 Å². The third-order valence-corrected chi connectivity index (χ3v) is 3.59. The summed E-state index contributed by atoms with van der Waals surface area (Å²) >= 11 is 0. The van der Waals surface area contributed by atoms with E-state index in [1.54, 1.807) is 0 Å². The van der Waals surface area contributed by atoms with Crippen molar-refractivity contribution < 1.29 is 0 Å². The molecule has 1 fully saturated rings. The predicted molar refractivity (Wildman–Crippen MR) is 69.0 cm³/mol. The van der Waals surface area contributed by atoms with Crippen molar-refractivity contribution in [1.82, 2.24) is 4.57 Å². The Labute approximate surface area is 96.5 Å². The maximum absolute atomic E-state index is 2.51. The molecular weight excluding hydrogens is 196 g/mol. The van der Waals surface area contributed by atoms with Gasteiger partial charge < -0.3 is 9.47 Å². The fourth-order valence-electron chi connectivity index (χ4n) is 2.60. The fourth-order valence-corrected chi connectivity index (χ4v) is 2.60. The van der Waals surface area contributed by atoms with E-state index < -0.39 is 0 Å². The molecule has 1 aliphatic heterocycles. The Kier molecular flexibility index (Phi) is 2.35. The molecule has 2 heterocycles. The summed E-state index contributed by atoms with van der Waals surface area (Å²) in [6.07, 6.45) is 6.20. The molecule has 0 unspecified atom stereocenters. The molecule has 2 nitrogen and oxygen atoms in total. The van der Waals surface area contributed by atoms with Crippen LogP contribution in [0, 0.1) is 0 Å². The molecule has 1 aliphatic rings. The second-order valence-electron chi connectivity index (χ2n) is 4.72. The Morgan fingerprint density at radius 3 is 2.62 bits per heavy atom. The molecule has 0 aliphatic carbocycles. The topological polar surface area (TPSA) is 8.17 Å². The van der Waals surface area contributed by atoms with Crippen molar-refractivity contribution >= 4 is 16.6 Å². The summed E-state index contributed by atoms with van der Waals surface area (Å²) < 4.78 is 2.20. The van der Waals surface area contributed by atoms with Gasteiger partial charge in [-0.25, -0.2) is 0 Å². The monoisotopic (exact) mass is 214 g/mol. The van der Waals surface area contributed by atoms with E-state index in [9.17, 15) is 0 Å². The zero-order chi connectivity index (χ0) is 11.0. The highest BCUT2D eigenvalue weighted by atomic mass is 15.1. The highest BCUT2D eigenvalue weighted by Crippen LogP contribution is 2.24. The molecule has 0 saturated carbocycles. The zero-order valence-electron chi connectivity index (χ0n) is 9.82. The Balaban J connectivity index is 1.99. The second-order valence-corrected chi connectivity index (χ2v) is 4.72. The molecule has 0 N–H and O–H groups in total. The summed E-state index contributed by atoms with van der Waals surface area (Å²) in [4.78, 5) is 2.51. The normalized spacial score (nSPS) is 16.9. The Morgan fingerprint density at radius 1 is 1.00 bits per heavy atom. The van der Waals surface area contributed by atoms with Gasteiger partial charge in [0, 0.05) is 37.5 Å². The van der Waals surface area contributed by atoms with Gasteiger partial charge in [0.2, 0.25) is 0 Å². The summed E-state index contributed by atoms with van der Waals surface area (Å²) in [5.41, 5.74) is 2.72. The van der Waals surface area contributed by atoms with Gasteiger partial charge in [-0.15, -0.1) is 0 Å². The maximum Gasteiger partial charge on any atom is 0.0498 e. The number of rotatable bonds is 1. The van der Waals surface area contributed by atoms with Crippen LogP contribution in [0.5, 0.6) is 0 Å². The van der Waals surface area contributed by atoms with Gasteiger partial charge in [-0.05, 0) is 42.8 Å². The third-order valence-electron chi connectivity index (χ3n) is 3.59. The molecule has 0 atom stereocenters. The van der Waals surface area contributed by atoms with Crippen LogP contribution in [0.15, 0.2) is 30.5 Å². The number of aryl methyl sites for hydroxylation is 1. The van der Waals surface area contributed by atoms with Crippen molar-refractivity contribution in [2.75, 3.05) is 18.0 Å².